The van der Waals surface area contributed by atoms with Gasteiger partial charge in [0.05, 0.1) is 7.11 Å². The van der Waals surface area contributed by atoms with E-state index < -0.39 is 10.0 Å². The van der Waals surface area contributed by atoms with E-state index in [1.54, 1.807) is 54.9 Å². The van der Waals surface area contributed by atoms with E-state index >= 15 is 0 Å². The van der Waals surface area contributed by atoms with E-state index in [4.69, 9.17) is 19.2 Å². The molecule has 0 radical (unpaired) electrons. The topological polar surface area (TPSA) is 180 Å². The number of para-hydroxylation sites is 2. The summed E-state index contributed by atoms with van der Waals surface area (Å²) in [5.41, 5.74) is 1.81. The SMILES string of the molecule is COc1ccccc1Oc1c(NS(=O)(=O)c2ccc(C(C)C)cn2)nc(-c2ccnc(-c3nn[nH]n3)c2)nc1OC(C)C1CC1. The first kappa shape index (κ1) is 29.9. The van der Waals surface area contributed by atoms with E-state index in [0.29, 0.717) is 28.7 Å². The van der Waals surface area contributed by atoms with Crippen molar-refractivity contribution in [2.24, 2.45) is 5.92 Å². The van der Waals surface area contributed by atoms with Gasteiger partial charge in [0, 0.05) is 18.0 Å². The number of nitrogens with zero attached hydrogens (tertiary/aromatic N) is 7. The molecule has 0 aliphatic heterocycles. The van der Waals surface area contributed by atoms with Gasteiger partial charge in [-0.1, -0.05) is 32.0 Å². The first-order chi connectivity index (χ1) is 21.7. The third-order valence-electron chi connectivity index (χ3n) is 7.22. The molecule has 45 heavy (non-hydrogen) atoms. The lowest BCUT2D eigenvalue weighted by molar-refractivity contribution is 0.183. The summed E-state index contributed by atoms with van der Waals surface area (Å²) in [6, 6.07) is 13.5. The van der Waals surface area contributed by atoms with Gasteiger partial charge in [0.1, 0.15) is 11.8 Å². The first-order valence-electron chi connectivity index (χ1n) is 14.3. The molecule has 1 saturated carbocycles. The highest BCUT2D eigenvalue weighted by Gasteiger charge is 2.33. The Morgan fingerprint density at radius 3 is 2.44 bits per heavy atom. The highest BCUT2D eigenvalue weighted by molar-refractivity contribution is 7.92. The number of H-pyrrole nitrogens is 1. The summed E-state index contributed by atoms with van der Waals surface area (Å²) in [5, 5.41) is 13.8. The molecule has 2 N–H and O–H groups in total. The summed E-state index contributed by atoms with van der Waals surface area (Å²) < 4.78 is 48.2. The van der Waals surface area contributed by atoms with Crippen LogP contribution in [0.3, 0.4) is 0 Å². The van der Waals surface area contributed by atoms with Gasteiger partial charge in [-0.3, -0.25) is 9.71 Å². The number of hydrogen-bond acceptors (Lipinski definition) is 12. The quantitative estimate of drug-likeness (QED) is 0.188. The Kier molecular flexibility index (Phi) is 8.26. The average Bonchev–Trinajstić information content (AvgIpc) is 3.76. The number of methoxy groups -OCH3 is 1. The van der Waals surface area contributed by atoms with Crippen LogP contribution in [0.1, 0.15) is 45.1 Å². The molecule has 6 rings (SSSR count). The minimum atomic E-state index is -4.24. The van der Waals surface area contributed by atoms with E-state index in [9.17, 15) is 8.42 Å². The Labute approximate surface area is 259 Å². The molecular weight excluding hydrogens is 598 g/mol. The first-order valence-corrected chi connectivity index (χ1v) is 15.8. The molecule has 0 amide bonds. The van der Waals surface area contributed by atoms with Crippen LogP contribution in [0.2, 0.25) is 0 Å². The number of sulfonamides is 1. The van der Waals surface area contributed by atoms with Crippen LogP contribution in [-0.2, 0) is 10.0 Å². The molecule has 1 aromatic carbocycles. The Morgan fingerprint density at radius 2 is 1.78 bits per heavy atom. The van der Waals surface area contributed by atoms with Gasteiger partial charge in [0.2, 0.25) is 11.6 Å². The molecule has 1 aliphatic rings. The van der Waals surface area contributed by atoms with Gasteiger partial charge in [-0.05, 0) is 72.7 Å². The number of rotatable bonds is 12. The molecule has 1 aliphatic carbocycles. The van der Waals surface area contributed by atoms with Crippen LogP contribution in [0.25, 0.3) is 22.9 Å². The molecule has 0 saturated heterocycles. The van der Waals surface area contributed by atoms with Crippen LogP contribution in [0.5, 0.6) is 23.1 Å². The van der Waals surface area contributed by atoms with Crippen molar-refractivity contribution in [3.8, 4) is 46.0 Å². The zero-order valence-corrected chi connectivity index (χ0v) is 25.8. The van der Waals surface area contributed by atoms with Crippen LogP contribution in [0.15, 0.2) is 66.0 Å². The third kappa shape index (κ3) is 6.67. The van der Waals surface area contributed by atoms with Gasteiger partial charge < -0.3 is 14.2 Å². The molecular formula is C30H31N9O5S. The normalized spacial score (nSPS) is 13.8. The van der Waals surface area contributed by atoms with Gasteiger partial charge in [-0.15, -0.1) is 10.2 Å². The zero-order chi connectivity index (χ0) is 31.6. The van der Waals surface area contributed by atoms with Crippen molar-refractivity contribution in [1.82, 2.24) is 40.6 Å². The molecule has 232 valence electrons. The summed E-state index contributed by atoms with van der Waals surface area (Å²) in [6.45, 7) is 5.94. The highest BCUT2D eigenvalue weighted by Crippen LogP contribution is 2.44. The lowest BCUT2D eigenvalue weighted by atomic mass is 10.1. The van der Waals surface area contributed by atoms with Gasteiger partial charge in [0.15, 0.2) is 28.2 Å². The number of pyridine rings is 2. The monoisotopic (exact) mass is 629 g/mol. The predicted octanol–water partition coefficient (Wildman–Crippen LogP) is 5.02. The minimum absolute atomic E-state index is 0.0365. The van der Waals surface area contributed by atoms with Gasteiger partial charge in [0.25, 0.3) is 15.9 Å². The number of aromatic amines is 1. The number of hydrogen-bond donors (Lipinski definition) is 2. The van der Waals surface area contributed by atoms with Crippen LogP contribution in [0.4, 0.5) is 5.82 Å². The second kappa shape index (κ2) is 12.4. The zero-order valence-electron chi connectivity index (χ0n) is 25.0. The van der Waals surface area contributed by atoms with E-state index in [0.717, 1.165) is 18.4 Å². The van der Waals surface area contributed by atoms with Crippen LogP contribution >= 0.6 is 0 Å². The van der Waals surface area contributed by atoms with Crippen molar-refractivity contribution in [2.75, 3.05) is 11.8 Å². The Hall–Kier alpha value is -5.18. The molecule has 1 unspecified atom stereocenters. The fourth-order valence-electron chi connectivity index (χ4n) is 4.49. The Morgan fingerprint density at radius 1 is 0.978 bits per heavy atom. The number of nitrogens with one attached hydrogen (secondary N) is 2. The number of tetrazole rings is 1. The Balaban J connectivity index is 1.50. The van der Waals surface area contributed by atoms with Crippen molar-refractivity contribution in [3.63, 3.8) is 0 Å². The summed E-state index contributed by atoms with van der Waals surface area (Å²) >= 11 is 0. The van der Waals surface area contributed by atoms with Gasteiger partial charge in [-0.25, -0.2) is 9.97 Å². The minimum Gasteiger partial charge on any atom is -0.493 e. The summed E-state index contributed by atoms with van der Waals surface area (Å²) in [6.07, 6.45) is 4.88. The van der Waals surface area contributed by atoms with Gasteiger partial charge >= 0.3 is 0 Å². The van der Waals surface area contributed by atoms with Crippen LogP contribution in [-0.4, -0.2) is 62.2 Å². The van der Waals surface area contributed by atoms with Crippen molar-refractivity contribution in [1.29, 1.82) is 0 Å². The van der Waals surface area contributed by atoms with Crippen LogP contribution in [0, 0.1) is 5.92 Å². The summed E-state index contributed by atoms with van der Waals surface area (Å²) in [7, 11) is -2.73. The molecule has 4 aromatic heterocycles. The predicted molar refractivity (Wildman–Crippen MR) is 163 cm³/mol. The molecule has 15 heteroatoms. The summed E-state index contributed by atoms with van der Waals surface area (Å²) in [4.78, 5) is 17.9. The van der Waals surface area contributed by atoms with Crippen molar-refractivity contribution < 1.29 is 22.6 Å². The van der Waals surface area contributed by atoms with E-state index in [-0.39, 0.29) is 46.1 Å². The number of benzene rings is 1. The molecule has 1 atom stereocenters. The highest BCUT2D eigenvalue weighted by atomic mass is 32.2. The maximum absolute atomic E-state index is 13.7. The average molecular weight is 630 g/mol. The van der Waals surface area contributed by atoms with E-state index in [1.807, 2.05) is 20.8 Å². The number of ether oxygens (including phenoxy) is 3. The molecule has 0 spiro atoms. The fraction of sp³-hybridized carbons (Fsp3) is 0.300. The fourth-order valence-corrected chi connectivity index (χ4v) is 5.42. The molecule has 5 aromatic rings. The van der Waals surface area contributed by atoms with Crippen LogP contribution < -0.4 is 18.9 Å². The van der Waals surface area contributed by atoms with Crippen molar-refractivity contribution in [2.45, 2.75) is 50.7 Å². The molecule has 0 bridgehead atoms. The second-order valence-corrected chi connectivity index (χ2v) is 12.4. The van der Waals surface area contributed by atoms with E-state index in [1.165, 1.54) is 13.2 Å². The number of aromatic nitrogens is 8. The maximum atomic E-state index is 13.7. The Bertz CT molecular complexity index is 1900. The third-order valence-corrected chi connectivity index (χ3v) is 8.48. The lowest BCUT2D eigenvalue weighted by Gasteiger charge is -2.20. The smallest absolute Gasteiger partial charge is 0.280 e. The van der Waals surface area contributed by atoms with Crippen molar-refractivity contribution in [3.05, 3.63) is 66.5 Å². The standard InChI is InChI=1S/C30H31N9O5S/c1-17(2)21-11-12-25(32-16-21)45(40,41)37-29-26(44-24-8-6-5-7-23(24)42-4)30(43-18(3)19-9-10-19)34-27(33-29)20-13-14-31-22(15-20)28-35-38-39-36-28/h5-8,11-19H,9-10H2,1-4H3,(H,33,34,37)(H,35,36,38,39). The lowest BCUT2D eigenvalue weighted by Crippen LogP contribution is -2.19. The van der Waals surface area contributed by atoms with Crippen molar-refractivity contribution >= 4 is 15.8 Å². The number of anilines is 1. The van der Waals surface area contributed by atoms with Gasteiger partial charge in [-0.2, -0.15) is 18.6 Å². The maximum Gasteiger partial charge on any atom is 0.280 e. The molecule has 4 heterocycles. The molecule has 1 fully saturated rings. The largest absolute Gasteiger partial charge is 0.493 e. The summed E-state index contributed by atoms with van der Waals surface area (Å²) in [5.74, 6) is 1.50. The molecule has 14 nitrogen and oxygen atoms in total. The van der Waals surface area contributed by atoms with E-state index in [2.05, 4.69) is 40.3 Å². The second-order valence-electron chi connectivity index (χ2n) is 10.8.